The van der Waals surface area contributed by atoms with E-state index in [0.717, 1.165) is 0 Å². The third kappa shape index (κ3) is 4.20. The van der Waals surface area contributed by atoms with E-state index in [1.54, 1.807) is 18.2 Å². The lowest BCUT2D eigenvalue weighted by molar-refractivity contribution is 0.0323. The minimum atomic E-state index is 0.0725. The number of ether oxygens (including phenoxy) is 4. The fourth-order valence-electron chi connectivity index (χ4n) is 1.09. The zero-order chi connectivity index (χ0) is 12.5. The first kappa shape index (κ1) is 13.1. The van der Waals surface area contributed by atoms with Gasteiger partial charge in [0, 0.05) is 24.8 Å². The summed E-state index contributed by atoms with van der Waals surface area (Å²) in [5.41, 5.74) is 8.77. The van der Waals surface area contributed by atoms with Crippen molar-refractivity contribution in [3.63, 3.8) is 0 Å². The van der Waals surface area contributed by atoms with Gasteiger partial charge >= 0.3 is 0 Å². The molecule has 0 radical (unpaired) electrons. The molecule has 0 atom stereocenters. The zero-order valence-electron chi connectivity index (χ0n) is 9.62. The van der Waals surface area contributed by atoms with Crippen LogP contribution in [0, 0.1) is 0 Å². The maximum absolute atomic E-state index is 8.34. The topological polar surface area (TPSA) is 85.7 Å². The van der Waals surface area contributed by atoms with E-state index in [4.69, 9.17) is 24.5 Å². The van der Waals surface area contributed by atoms with Crippen LogP contribution >= 0.6 is 0 Å². The van der Waals surface area contributed by atoms with Gasteiger partial charge in [0.15, 0.2) is 25.1 Å². The van der Waals surface area contributed by atoms with Crippen LogP contribution in [0.15, 0.2) is 23.3 Å². The van der Waals surface area contributed by atoms with Gasteiger partial charge in [0.1, 0.15) is 0 Å². The largest absolute Gasteiger partial charge is 0.464 e. The van der Waals surface area contributed by atoms with Crippen LogP contribution in [0.4, 0.5) is 5.69 Å². The Hall–Kier alpha value is -1.95. The molecule has 0 spiro atoms. The van der Waals surface area contributed by atoms with Crippen LogP contribution in [0.2, 0.25) is 0 Å². The van der Waals surface area contributed by atoms with Crippen molar-refractivity contribution in [1.82, 2.24) is 0 Å². The Morgan fingerprint density at radius 1 is 1.12 bits per heavy atom. The number of nitrogens with zero attached hydrogens (tertiary/aromatic N) is 3. The summed E-state index contributed by atoms with van der Waals surface area (Å²) < 4.78 is 20.1. The van der Waals surface area contributed by atoms with Gasteiger partial charge in [-0.15, -0.1) is 0 Å². The summed E-state index contributed by atoms with van der Waals surface area (Å²) in [7, 11) is 3.02. The molecule has 92 valence electrons. The van der Waals surface area contributed by atoms with Crippen LogP contribution in [0.5, 0.6) is 11.5 Å². The Balaban J connectivity index is 2.89. The molecule has 7 nitrogen and oxygen atoms in total. The van der Waals surface area contributed by atoms with Gasteiger partial charge in [0.25, 0.3) is 0 Å². The lowest BCUT2D eigenvalue weighted by Crippen LogP contribution is -2.04. The number of hydrogen-bond acceptors (Lipinski definition) is 5. The lowest BCUT2D eigenvalue weighted by Gasteiger charge is -2.11. The lowest BCUT2D eigenvalue weighted by atomic mass is 10.3. The van der Waals surface area contributed by atoms with Gasteiger partial charge in [-0.25, -0.2) is 0 Å². The molecule has 0 heterocycles. The zero-order valence-corrected chi connectivity index (χ0v) is 9.62. The van der Waals surface area contributed by atoms with Crippen LogP contribution in [0.25, 0.3) is 10.4 Å². The number of azide groups is 1. The average molecular weight is 239 g/mol. The van der Waals surface area contributed by atoms with Crippen molar-refractivity contribution in [3.05, 3.63) is 28.6 Å². The smallest absolute Gasteiger partial charge is 0.188 e. The standard InChI is InChI=1S/C10H13N3O4/c1-14-6-16-9-4-3-8(12-13-11)5-10(9)17-7-15-2/h3-5H,6-7H2,1-2H3. The average Bonchev–Trinajstić information content (AvgIpc) is 2.35. The van der Waals surface area contributed by atoms with Crippen molar-refractivity contribution in [2.45, 2.75) is 0 Å². The van der Waals surface area contributed by atoms with Crippen molar-refractivity contribution in [3.8, 4) is 11.5 Å². The fourth-order valence-corrected chi connectivity index (χ4v) is 1.09. The first-order valence-electron chi connectivity index (χ1n) is 4.74. The molecule has 0 aliphatic carbocycles. The fraction of sp³-hybridized carbons (Fsp3) is 0.400. The van der Waals surface area contributed by atoms with Crippen molar-refractivity contribution >= 4 is 5.69 Å². The molecule has 17 heavy (non-hydrogen) atoms. The molecular formula is C10H13N3O4. The molecule has 0 N–H and O–H groups in total. The molecule has 0 saturated heterocycles. The second-order valence-electron chi connectivity index (χ2n) is 2.92. The van der Waals surface area contributed by atoms with Gasteiger partial charge < -0.3 is 18.9 Å². The molecule has 0 aliphatic heterocycles. The Kier molecular flexibility index (Phi) is 5.67. The van der Waals surface area contributed by atoms with Crippen LogP contribution in [-0.4, -0.2) is 27.8 Å². The second kappa shape index (κ2) is 7.34. The highest BCUT2D eigenvalue weighted by Gasteiger charge is 2.06. The van der Waals surface area contributed by atoms with Gasteiger partial charge in [0.05, 0.1) is 0 Å². The highest BCUT2D eigenvalue weighted by molar-refractivity contribution is 5.51. The van der Waals surface area contributed by atoms with Crippen LogP contribution in [0.3, 0.4) is 0 Å². The van der Waals surface area contributed by atoms with E-state index < -0.39 is 0 Å². The highest BCUT2D eigenvalue weighted by Crippen LogP contribution is 2.31. The van der Waals surface area contributed by atoms with Gasteiger partial charge in [-0.2, -0.15) is 0 Å². The second-order valence-corrected chi connectivity index (χ2v) is 2.92. The molecule has 1 aromatic rings. The summed E-state index contributed by atoms with van der Waals surface area (Å²) in [4.78, 5) is 2.69. The maximum atomic E-state index is 8.34. The first-order valence-corrected chi connectivity index (χ1v) is 4.74. The first-order chi connectivity index (χ1) is 8.31. The quantitative estimate of drug-likeness (QED) is 0.316. The van der Waals surface area contributed by atoms with Crippen LogP contribution in [-0.2, 0) is 9.47 Å². The molecule has 0 aromatic heterocycles. The maximum Gasteiger partial charge on any atom is 0.188 e. The molecule has 0 aliphatic rings. The number of rotatable bonds is 7. The summed E-state index contributed by atoms with van der Waals surface area (Å²) in [5.74, 6) is 0.912. The molecule has 0 bridgehead atoms. The number of benzene rings is 1. The Bertz CT molecular complexity index is 405. The van der Waals surface area contributed by atoms with Crippen LogP contribution in [0.1, 0.15) is 0 Å². The van der Waals surface area contributed by atoms with Crippen molar-refractivity contribution in [2.75, 3.05) is 27.8 Å². The Labute approximate surface area is 98.5 Å². The molecule has 1 aromatic carbocycles. The van der Waals surface area contributed by atoms with E-state index in [-0.39, 0.29) is 13.6 Å². The predicted molar refractivity (Wildman–Crippen MR) is 60.3 cm³/mol. The summed E-state index contributed by atoms with van der Waals surface area (Å²) >= 11 is 0. The van der Waals surface area contributed by atoms with E-state index >= 15 is 0 Å². The Morgan fingerprint density at radius 2 is 1.76 bits per heavy atom. The molecule has 7 heteroatoms. The van der Waals surface area contributed by atoms with Crippen molar-refractivity contribution in [1.29, 1.82) is 0 Å². The monoisotopic (exact) mass is 239 g/mol. The third-order valence-corrected chi connectivity index (χ3v) is 1.75. The SMILES string of the molecule is COCOc1ccc(N=[N+]=[N-])cc1OCOC. The normalized spacial score (nSPS) is 9.53. The molecule has 0 saturated carbocycles. The summed E-state index contributed by atoms with van der Waals surface area (Å²) in [6, 6.07) is 4.81. The third-order valence-electron chi connectivity index (χ3n) is 1.75. The van der Waals surface area contributed by atoms with Crippen LogP contribution < -0.4 is 9.47 Å². The number of methoxy groups -OCH3 is 2. The predicted octanol–water partition coefficient (Wildman–Crippen LogP) is 2.59. The van der Waals surface area contributed by atoms with Crippen molar-refractivity contribution < 1.29 is 18.9 Å². The number of hydrogen-bond donors (Lipinski definition) is 0. The summed E-state index contributed by atoms with van der Waals surface area (Å²) in [5, 5.41) is 3.47. The molecule has 1 rings (SSSR count). The van der Waals surface area contributed by atoms with Gasteiger partial charge in [-0.05, 0) is 23.7 Å². The highest BCUT2D eigenvalue weighted by atomic mass is 16.7. The molecule has 0 fully saturated rings. The minimum absolute atomic E-state index is 0.0725. The van der Waals surface area contributed by atoms with E-state index in [2.05, 4.69) is 10.0 Å². The molecule has 0 unspecified atom stereocenters. The van der Waals surface area contributed by atoms with Gasteiger partial charge in [-0.1, -0.05) is 5.11 Å². The van der Waals surface area contributed by atoms with E-state index in [0.29, 0.717) is 17.2 Å². The van der Waals surface area contributed by atoms with Crippen molar-refractivity contribution in [2.24, 2.45) is 5.11 Å². The molecular weight excluding hydrogens is 226 g/mol. The van der Waals surface area contributed by atoms with Gasteiger partial charge in [0.2, 0.25) is 0 Å². The van der Waals surface area contributed by atoms with E-state index in [9.17, 15) is 0 Å². The summed E-state index contributed by atoms with van der Waals surface area (Å²) in [6.07, 6.45) is 0. The van der Waals surface area contributed by atoms with E-state index in [1.165, 1.54) is 14.2 Å². The van der Waals surface area contributed by atoms with Gasteiger partial charge in [-0.3, -0.25) is 0 Å². The minimum Gasteiger partial charge on any atom is -0.464 e. The summed E-state index contributed by atoms with van der Waals surface area (Å²) in [6.45, 7) is 0.174. The Morgan fingerprint density at radius 3 is 2.35 bits per heavy atom. The van der Waals surface area contributed by atoms with E-state index in [1.807, 2.05) is 0 Å². The molecule has 0 amide bonds.